The van der Waals surface area contributed by atoms with Gasteiger partial charge in [-0.05, 0) is 59.3 Å². The third-order valence-corrected chi connectivity index (χ3v) is 6.02. The first kappa shape index (κ1) is 20.2. The summed E-state index contributed by atoms with van der Waals surface area (Å²) in [6.45, 7) is 1.90. The van der Waals surface area contributed by atoms with E-state index >= 15 is 0 Å². The molecule has 2 aromatic carbocycles. The fourth-order valence-corrected chi connectivity index (χ4v) is 4.08. The Balaban J connectivity index is 2.13. The Kier molecular flexibility index (Phi) is 5.59. The topological polar surface area (TPSA) is 84.7 Å². The Labute approximate surface area is 184 Å². The fraction of sp³-hybridized carbons (Fsp3) is 0.167. The minimum Gasteiger partial charge on any atom is -0.366 e. The largest absolute Gasteiger partial charge is 0.366 e. The molecule has 5 nitrogen and oxygen atoms in total. The third-order valence-electron chi connectivity index (χ3n) is 4.26. The standard InChI is InChI=1S/C18H12Cl3IN4O/c1-18(7-23,12-4-9(22)2-3-10(12)17(24)27)8-26-6-11-13(19)5-14(20)15(21)16(11)25-26/h2-6H,8H2,1H3,(H2,24,27). The van der Waals surface area contributed by atoms with Crippen LogP contribution in [0.2, 0.25) is 15.1 Å². The molecule has 3 aromatic rings. The molecule has 1 amide bonds. The molecule has 138 valence electrons. The Morgan fingerprint density at radius 1 is 1.33 bits per heavy atom. The van der Waals surface area contributed by atoms with Crippen molar-refractivity contribution in [3.8, 4) is 6.07 Å². The molecular formula is C18H12Cl3IN4O. The summed E-state index contributed by atoms with van der Waals surface area (Å²) in [7, 11) is 0. The summed E-state index contributed by atoms with van der Waals surface area (Å²) in [5.41, 5.74) is 5.74. The molecule has 0 bridgehead atoms. The summed E-state index contributed by atoms with van der Waals surface area (Å²) in [4.78, 5) is 11.9. The van der Waals surface area contributed by atoms with Gasteiger partial charge in [0, 0.05) is 20.7 Å². The summed E-state index contributed by atoms with van der Waals surface area (Å²) >= 11 is 20.6. The maximum atomic E-state index is 11.9. The summed E-state index contributed by atoms with van der Waals surface area (Å²) in [5, 5.41) is 16.0. The number of hydrogen-bond donors (Lipinski definition) is 1. The van der Waals surface area contributed by atoms with Crippen molar-refractivity contribution < 1.29 is 4.79 Å². The number of carbonyl (C=O) groups excluding carboxylic acids is 1. The average Bonchev–Trinajstić information content (AvgIpc) is 3.03. The van der Waals surface area contributed by atoms with E-state index in [0.29, 0.717) is 37.1 Å². The van der Waals surface area contributed by atoms with Gasteiger partial charge < -0.3 is 5.73 Å². The first-order valence-electron chi connectivity index (χ1n) is 7.68. The Hall–Kier alpha value is -1.53. The number of benzene rings is 2. The monoisotopic (exact) mass is 532 g/mol. The molecule has 9 heteroatoms. The number of halogens is 4. The van der Waals surface area contributed by atoms with E-state index in [1.165, 1.54) is 0 Å². The molecule has 0 aliphatic heterocycles. The van der Waals surface area contributed by atoms with Crippen LogP contribution in [0.25, 0.3) is 10.9 Å². The summed E-state index contributed by atoms with van der Waals surface area (Å²) in [5.74, 6) is -0.591. The number of aromatic nitrogens is 2. The van der Waals surface area contributed by atoms with Crippen LogP contribution >= 0.6 is 57.4 Å². The van der Waals surface area contributed by atoms with Crippen LogP contribution in [0, 0.1) is 14.9 Å². The lowest BCUT2D eigenvalue weighted by Crippen LogP contribution is -2.30. The van der Waals surface area contributed by atoms with E-state index in [-0.39, 0.29) is 6.54 Å². The van der Waals surface area contributed by atoms with Crippen LogP contribution < -0.4 is 5.73 Å². The number of rotatable bonds is 4. The second kappa shape index (κ2) is 7.47. The highest BCUT2D eigenvalue weighted by molar-refractivity contribution is 14.1. The van der Waals surface area contributed by atoms with Gasteiger partial charge in [-0.1, -0.05) is 34.8 Å². The van der Waals surface area contributed by atoms with Crippen LogP contribution in [0.3, 0.4) is 0 Å². The lowest BCUT2D eigenvalue weighted by Gasteiger charge is -2.24. The average molecular weight is 534 g/mol. The molecule has 0 radical (unpaired) electrons. The lowest BCUT2D eigenvalue weighted by molar-refractivity contribution is 0.0998. The minimum absolute atomic E-state index is 0.169. The van der Waals surface area contributed by atoms with Crippen molar-refractivity contribution in [2.75, 3.05) is 0 Å². The SMILES string of the molecule is CC(C#N)(Cn1cc2c(Cl)cc(Cl)c(Cl)c2n1)c1cc(I)ccc1C(N)=O. The smallest absolute Gasteiger partial charge is 0.249 e. The van der Waals surface area contributed by atoms with Crippen molar-refractivity contribution in [1.82, 2.24) is 9.78 Å². The van der Waals surface area contributed by atoms with Gasteiger partial charge in [-0.25, -0.2) is 0 Å². The number of amides is 1. The summed E-state index contributed by atoms with van der Waals surface area (Å²) in [6, 6.07) is 9.01. The van der Waals surface area contributed by atoms with E-state index in [0.717, 1.165) is 3.57 Å². The van der Waals surface area contributed by atoms with Crippen LogP contribution in [0.15, 0.2) is 30.5 Å². The van der Waals surface area contributed by atoms with Crippen LogP contribution in [0.4, 0.5) is 0 Å². The lowest BCUT2D eigenvalue weighted by atomic mass is 9.81. The number of nitrogens with two attached hydrogens (primary N) is 1. The van der Waals surface area contributed by atoms with Gasteiger partial charge in [-0.3, -0.25) is 9.48 Å². The molecule has 1 aromatic heterocycles. The first-order chi connectivity index (χ1) is 12.7. The Bertz CT molecular complexity index is 1120. The molecule has 3 rings (SSSR count). The molecule has 2 N–H and O–H groups in total. The maximum absolute atomic E-state index is 11.9. The van der Waals surface area contributed by atoms with Crippen molar-refractivity contribution in [2.24, 2.45) is 5.73 Å². The van der Waals surface area contributed by atoms with Crippen LogP contribution in [0.1, 0.15) is 22.8 Å². The van der Waals surface area contributed by atoms with E-state index < -0.39 is 11.3 Å². The zero-order valence-electron chi connectivity index (χ0n) is 13.9. The van der Waals surface area contributed by atoms with Crippen molar-refractivity contribution >= 4 is 74.2 Å². The number of fused-ring (bicyclic) bond motifs is 1. The molecule has 1 atom stereocenters. The van der Waals surface area contributed by atoms with Gasteiger partial charge in [0.2, 0.25) is 5.91 Å². The molecule has 0 saturated carbocycles. The maximum Gasteiger partial charge on any atom is 0.249 e. The van der Waals surface area contributed by atoms with Crippen molar-refractivity contribution in [2.45, 2.75) is 18.9 Å². The second-order valence-corrected chi connectivity index (χ2v) is 8.68. The molecule has 0 fully saturated rings. The van der Waals surface area contributed by atoms with E-state index in [2.05, 4.69) is 33.8 Å². The van der Waals surface area contributed by atoms with Gasteiger partial charge in [0.05, 0.1) is 33.1 Å². The minimum atomic E-state index is -1.06. The quantitative estimate of drug-likeness (QED) is 0.371. The molecule has 0 spiro atoms. The first-order valence-corrected chi connectivity index (χ1v) is 9.89. The molecular weight excluding hydrogens is 521 g/mol. The molecule has 1 heterocycles. The van der Waals surface area contributed by atoms with E-state index in [1.54, 1.807) is 42.1 Å². The van der Waals surface area contributed by atoms with Crippen LogP contribution in [-0.2, 0) is 12.0 Å². The highest BCUT2D eigenvalue weighted by Crippen LogP contribution is 2.36. The Morgan fingerprint density at radius 2 is 2.04 bits per heavy atom. The van der Waals surface area contributed by atoms with Gasteiger partial charge in [0.25, 0.3) is 0 Å². The number of primary amides is 1. The zero-order chi connectivity index (χ0) is 19.9. The molecule has 1 unspecified atom stereocenters. The predicted molar refractivity (Wildman–Crippen MR) is 115 cm³/mol. The van der Waals surface area contributed by atoms with Gasteiger partial charge in [0.1, 0.15) is 5.52 Å². The molecule has 0 aliphatic carbocycles. The van der Waals surface area contributed by atoms with Gasteiger partial charge in [-0.15, -0.1) is 0 Å². The van der Waals surface area contributed by atoms with Crippen molar-refractivity contribution in [1.29, 1.82) is 5.26 Å². The summed E-state index contributed by atoms with van der Waals surface area (Å²) < 4.78 is 2.46. The highest BCUT2D eigenvalue weighted by atomic mass is 127. The molecule has 0 saturated heterocycles. The predicted octanol–water partition coefficient (Wildman–Crippen LogP) is 5.18. The number of carbonyl (C=O) groups is 1. The van der Waals surface area contributed by atoms with E-state index in [1.807, 2.05) is 0 Å². The van der Waals surface area contributed by atoms with Crippen LogP contribution in [0.5, 0.6) is 0 Å². The Morgan fingerprint density at radius 3 is 2.67 bits per heavy atom. The third kappa shape index (κ3) is 3.74. The second-order valence-electron chi connectivity index (χ2n) is 6.24. The zero-order valence-corrected chi connectivity index (χ0v) is 18.4. The molecule has 0 aliphatic rings. The highest BCUT2D eigenvalue weighted by Gasteiger charge is 2.32. The fourth-order valence-electron chi connectivity index (χ4n) is 2.90. The normalized spacial score (nSPS) is 13.3. The van der Waals surface area contributed by atoms with Crippen molar-refractivity contribution in [3.05, 3.63) is 60.2 Å². The number of nitriles is 1. The van der Waals surface area contributed by atoms with Gasteiger partial charge >= 0.3 is 0 Å². The summed E-state index contributed by atoms with van der Waals surface area (Å²) in [6.07, 6.45) is 1.70. The van der Waals surface area contributed by atoms with E-state index in [9.17, 15) is 10.1 Å². The van der Waals surface area contributed by atoms with Gasteiger partial charge in [0.15, 0.2) is 0 Å². The van der Waals surface area contributed by atoms with Crippen LogP contribution in [-0.4, -0.2) is 15.7 Å². The van der Waals surface area contributed by atoms with E-state index in [4.69, 9.17) is 40.5 Å². The van der Waals surface area contributed by atoms with Crippen molar-refractivity contribution in [3.63, 3.8) is 0 Å². The van der Waals surface area contributed by atoms with Gasteiger partial charge in [-0.2, -0.15) is 10.4 Å². The molecule has 27 heavy (non-hydrogen) atoms. The number of nitrogens with zero attached hydrogens (tertiary/aromatic N) is 3. The number of hydrogen-bond acceptors (Lipinski definition) is 3.